The van der Waals surface area contributed by atoms with Crippen molar-refractivity contribution in [2.24, 2.45) is 12.1 Å². The van der Waals surface area contributed by atoms with Gasteiger partial charge in [0.05, 0.1) is 25.0 Å². The molecule has 1 amide bonds. The molecule has 8 heteroatoms. The van der Waals surface area contributed by atoms with E-state index in [0.717, 1.165) is 44.6 Å². The number of pyridine rings is 1. The average molecular weight is 490 g/mol. The van der Waals surface area contributed by atoms with Crippen molar-refractivity contribution < 1.29 is 9.53 Å². The Morgan fingerprint density at radius 2 is 1.81 bits per heavy atom. The Morgan fingerprint density at radius 3 is 2.47 bits per heavy atom. The number of aryl methyl sites for hydroxylation is 1. The zero-order valence-electron chi connectivity index (χ0n) is 21.4. The number of aromatic nitrogens is 1. The zero-order valence-corrected chi connectivity index (χ0v) is 21.4. The molecule has 0 bridgehead atoms. The summed E-state index contributed by atoms with van der Waals surface area (Å²) in [6, 6.07) is 11.6. The Balaban J connectivity index is 1.55. The number of rotatable bonds is 8. The molecule has 1 aromatic carbocycles. The van der Waals surface area contributed by atoms with Crippen LogP contribution in [0.1, 0.15) is 42.6 Å². The summed E-state index contributed by atoms with van der Waals surface area (Å²) in [5.41, 5.74) is 8.80. The van der Waals surface area contributed by atoms with E-state index in [1.807, 2.05) is 0 Å². The molecule has 4 rings (SSSR count). The van der Waals surface area contributed by atoms with E-state index in [0.29, 0.717) is 18.8 Å². The molecule has 1 aromatic heterocycles. The van der Waals surface area contributed by atoms with E-state index in [1.54, 1.807) is 13.3 Å². The maximum absolute atomic E-state index is 12.5. The lowest BCUT2D eigenvalue weighted by Gasteiger charge is -2.31. The lowest BCUT2D eigenvalue weighted by molar-refractivity contribution is 0.0548. The number of hydrazone groups is 1. The van der Waals surface area contributed by atoms with Crippen molar-refractivity contribution in [3.8, 4) is 0 Å². The van der Waals surface area contributed by atoms with E-state index in [-0.39, 0.29) is 11.5 Å². The first-order valence-corrected chi connectivity index (χ1v) is 12.6. The van der Waals surface area contributed by atoms with Gasteiger partial charge in [0, 0.05) is 56.9 Å². The first-order chi connectivity index (χ1) is 17.5. The van der Waals surface area contributed by atoms with Crippen LogP contribution < -0.4 is 15.9 Å². The van der Waals surface area contributed by atoms with Gasteiger partial charge < -0.3 is 19.1 Å². The van der Waals surface area contributed by atoms with Crippen LogP contribution >= 0.6 is 0 Å². The summed E-state index contributed by atoms with van der Waals surface area (Å²) >= 11 is 0. The van der Waals surface area contributed by atoms with Crippen molar-refractivity contribution in [3.63, 3.8) is 0 Å². The number of carbonyl (C=O) groups is 1. The normalized spacial score (nSPS) is 17.3. The Hall–Kier alpha value is -3.65. The van der Waals surface area contributed by atoms with Crippen LogP contribution in [0.3, 0.4) is 0 Å². The molecule has 1 aliphatic carbocycles. The van der Waals surface area contributed by atoms with Gasteiger partial charge in [0.2, 0.25) is 5.56 Å². The van der Waals surface area contributed by atoms with Crippen LogP contribution in [0.4, 0.5) is 5.69 Å². The van der Waals surface area contributed by atoms with Gasteiger partial charge in [-0.15, -0.1) is 0 Å². The number of anilines is 1. The van der Waals surface area contributed by atoms with Crippen molar-refractivity contribution in [1.29, 1.82) is 0 Å². The van der Waals surface area contributed by atoms with Crippen LogP contribution in [-0.2, 0) is 11.8 Å². The molecule has 2 aromatic rings. The number of benzene rings is 1. The molecule has 0 unspecified atom stereocenters. The molecule has 0 spiro atoms. The van der Waals surface area contributed by atoms with E-state index >= 15 is 0 Å². The van der Waals surface area contributed by atoms with Crippen LogP contribution in [0.2, 0.25) is 0 Å². The number of hydrogen-bond donors (Lipinski definition) is 1. The topological polar surface area (TPSA) is 79.2 Å². The molecule has 36 heavy (non-hydrogen) atoms. The summed E-state index contributed by atoms with van der Waals surface area (Å²) in [6.07, 6.45) is 7.30. The molecule has 8 nitrogen and oxygen atoms in total. The predicted molar refractivity (Wildman–Crippen MR) is 144 cm³/mol. The van der Waals surface area contributed by atoms with Crippen molar-refractivity contribution in [3.05, 3.63) is 80.9 Å². The van der Waals surface area contributed by atoms with Gasteiger partial charge in [0.1, 0.15) is 0 Å². The second-order valence-corrected chi connectivity index (χ2v) is 8.97. The number of hydrogen-bond acceptors (Lipinski definition) is 6. The third-order valence-electron chi connectivity index (χ3n) is 6.70. The number of morpholine rings is 1. The Labute approximate surface area is 212 Å². The summed E-state index contributed by atoms with van der Waals surface area (Å²) in [7, 11) is 1.62. The van der Waals surface area contributed by atoms with E-state index in [2.05, 4.69) is 64.5 Å². The third kappa shape index (κ3) is 5.94. The van der Waals surface area contributed by atoms with Gasteiger partial charge in [0.15, 0.2) is 0 Å². The van der Waals surface area contributed by atoms with E-state index < -0.39 is 0 Å². The fourth-order valence-corrected chi connectivity index (χ4v) is 4.70. The SMILES string of the molecule is CCN(CC)c1ccc(/C=C2\CCC(/C=N\NC(=O)c3ccc(=O)n(C)c3)=C2N2CCOCC2)cc1. The summed E-state index contributed by atoms with van der Waals surface area (Å²) in [5, 5.41) is 4.26. The lowest BCUT2D eigenvalue weighted by Crippen LogP contribution is -2.36. The summed E-state index contributed by atoms with van der Waals surface area (Å²) in [5.74, 6) is -0.350. The molecule has 1 N–H and O–H groups in total. The maximum Gasteiger partial charge on any atom is 0.272 e. The molecule has 190 valence electrons. The highest BCUT2D eigenvalue weighted by Gasteiger charge is 2.25. The predicted octanol–water partition coefficient (Wildman–Crippen LogP) is 3.41. The second kappa shape index (κ2) is 11.9. The van der Waals surface area contributed by atoms with Gasteiger partial charge in [-0.3, -0.25) is 9.59 Å². The van der Waals surface area contributed by atoms with Crippen LogP contribution in [-0.4, -0.2) is 61.0 Å². The maximum atomic E-state index is 12.5. The minimum absolute atomic E-state index is 0.164. The Kier molecular flexibility index (Phi) is 8.38. The van der Waals surface area contributed by atoms with Crippen LogP contribution in [0.15, 0.2) is 69.3 Å². The molecule has 0 saturated carbocycles. The first kappa shape index (κ1) is 25.4. The van der Waals surface area contributed by atoms with Gasteiger partial charge in [-0.2, -0.15) is 5.10 Å². The highest BCUT2D eigenvalue weighted by molar-refractivity contribution is 5.94. The molecule has 0 radical (unpaired) electrons. The monoisotopic (exact) mass is 489 g/mol. The number of allylic oxidation sites excluding steroid dienone is 2. The second-order valence-electron chi connectivity index (χ2n) is 8.97. The van der Waals surface area contributed by atoms with Crippen LogP contribution in [0, 0.1) is 0 Å². The third-order valence-corrected chi connectivity index (χ3v) is 6.70. The molecule has 2 heterocycles. The van der Waals surface area contributed by atoms with Crippen molar-refractivity contribution in [2.75, 3.05) is 44.3 Å². The van der Waals surface area contributed by atoms with Gasteiger partial charge in [-0.25, -0.2) is 5.43 Å². The Bertz CT molecular complexity index is 1220. The molecule has 1 saturated heterocycles. The number of ether oxygens (including phenoxy) is 1. The highest BCUT2D eigenvalue weighted by atomic mass is 16.5. The van der Waals surface area contributed by atoms with Crippen molar-refractivity contribution in [1.82, 2.24) is 14.9 Å². The van der Waals surface area contributed by atoms with E-state index in [4.69, 9.17) is 4.74 Å². The van der Waals surface area contributed by atoms with Crippen LogP contribution in [0.25, 0.3) is 6.08 Å². The largest absolute Gasteiger partial charge is 0.378 e. The van der Waals surface area contributed by atoms with Gasteiger partial charge >= 0.3 is 0 Å². The quantitative estimate of drug-likeness (QED) is 0.454. The van der Waals surface area contributed by atoms with Gasteiger partial charge in [-0.05, 0) is 67.7 Å². The molecule has 2 aliphatic rings. The molecule has 1 fully saturated rings. The molecule has 0 atom stereocenters. The van der Waals surface area contributed by atoms with Gasteiger partial charge in [0.25, 0.3) is 5.91 Å². The average Bonchev–Trinajstić information content (AvgIpc) is 3.29. The zero-order chi connectivity index (χ0) is 25.5. The van der Waals surface area contributed by atoms with Gasteiger partial charge in [-0.1, -0.05) is 12.1 Å². The summed E-state index contributed by atoms with van der Waals surface area (Å²) < 4.78 is 6.96. The minimum Gasteiger partial charge on any atom is -0.378 e. The molecular formula is C28H35N5O3. The summed E-state index contributed by atoms with van der Waals surface area (Å²) in [4.78, 5) is 28.8. The number of nitrogens with one attached hydrogen (secondary N) is 1. The van der Waals surface area contributed by atoms with Crippen LogP contribution in [0.5, 0.6) is 0 Å². The smallest absolute Gasteiger partial charge is 0.272 e. The highest BCUT2D eigenvalue weighted by Crippen LogP contribution is 2.35. The fourth-order valence-electron chi connectivity index (χ4n) is 4.70. The number of nitrogens with zero attached hydrogens (tertiary/aromatic N) is 4. The standard InChI is InChI=1S/C28H35N5O3/c1-4-32(5-2)25-11-6-21(7-12-25)18-22-8-9-23(27(22)33-14-16-36-17-15-33)19-29-30-28(35)24-10-13-26(34)31(3)20-24/h6-7,10-13,18-20H,4-5,8-9,14-17H2,1-3H3,(H,30,35)/b22-18+,29-19-. The Morgan fingerprint density at radius 1 is 1.08 bits per heavy atom. The first-order valence-electron chi connectivity index (χ1n) is 12.6. The number of carbonyl (C=O) groups excluding carboxylic acids is 1. The fraction of sp³-hybridized carbons (Fsp3) is 0.393. The lowest BCUT2D eigenvalue weighted by atomic mass is 10.1. The number of amides is 1. The molecular weight excluding hydrogens is 454 g/mol. The van der Waals surface area contributed by atoms with Crippen molar-refractivity contribution in [2.45, 2.75) is 26.7 Å². The van der Waals surface area contributed by atoms with Crippen molar-refractivity contribution >= 4 is 23.9 Å². The van der Waals surface area contributed by atoms with E-state index in [9.17, 15) is 9.59 Å². The van der Waals surface area contributed by atoms with E-state index in [1.165, 1.54) is 45.4 Å². The molecule has 1 aliphatic heterocycles. The minimum atomic E-state index is -0.350. The summed E-state index contributed by atoms with van der Waals surface area (Å²) in [6.45, 7) is 9.37.